The van der Waals surface area contributed by atoms with Crippen LogP contribution in [0.25, 0.3) is 0 Å². The Morgan fingerprint density at radius 3 is 2.58 bits per heavy atom. The van der Waals surface area contributed by atoms with Gasteiger partial charge in [-0.3, -0.25) is 9.69 Å². The van der Waals surface area contributed by atoms with Gasteiger partial charge in [-0.15, -0.1) is 11.8 Å². The lowest BCUT2D eigenvalue weighted by Gasteiger charge is -2.16. The summed E-state index contributed by atoms with van der Waals surface area (Å²) in [6.45, 7) is 1.77. The van der Waals surface area contributed by atoms with Gasteiger partial charge in [0.2, 0.25) is 5.91 Å². The number of halogens is 1. The van der Waals surface area contributed by atoms with Gasteiger partial charge in [-0.25, -0.2) is 0 Å². The van der Waals surface area contributed by atoms with Gasteiger partial charge in [0.1, 0.15) is 0 Å². The van der Waals surface area contributed by atoms with Gasteiger partial charge in [-0.05, 0) is 55.1 Å². The Morgan fingerprint density at radius 1 is 1.17 bits per heavy atom. The first-order chi connectivity index (χ1) is 11.6. The molecule has 0 aliphatic carbocycles. The van der Waals surface area contributed by atoms with E-state index in [9.17, 15) is 4.79 Å². The second-order valence-corrected chi connectivity index (χ2v) is 7.07. The van der Waals surface area contributed by atoms with Crippen LogP contribution in [0.1, 0.15) is 11.1 Å². The van der Waals surface area contributed by atoms with E-state index in [0.717, 1.165) is 23.6 Å². The molecule has 2 aromatic rings. The number of likely N-dealkylation sites (N-methyl/N-ethyl adjacent to an activating group) is 1. The molecule has 0 aromatic heterocycles. The molecule has 3 nitrogen and oxygen atoms in total. The standard InChI is InChI=1S/C19H23ClN2OS/c1-22(13-16-6-8-18(24-2)9-7-16)14-19(23)21-11-10-15-4-3-5-17(20)12-15/h3-9,12H,10-11,13-14H2,1-2H3,(H,21,23). The minimum Gasteiger partial charge on any atom is -0.355 e. The number of amides is 1. The van der Waals surface area contributed by atoms with Crippen LogP contribution in [0.5, 0.6) is 0 Å². The van der Waals surface area contributed by atoms with Crippen molar-refractivity contribution in [3.05, 3.63) is 64.7 Å². The Bertz CT molecular complexity index is 661. The SMILES string of the molecule is CSc1ccc(CN(C)CC(=O)NCCc2cccc(Cl)c2)cc1. The van der Waals surface area contributed by atoms with E-state index >= 15 is 0 Å². The fourth-order valence-electron chi connectivity index (χ4n) is 2.44. The topological polar surface area (TPSA) is 32.3 Å². The zero-order valence-corrected chi connectivity index (χ0v) is 15.7. The summed E-state index contributed by atoms with van der Waals surface area (Å²) >= 11 is 7.68. The van der Waals surface area contributed by atoms with Crippen molar-refractivity contribution in [2.24, 2.45) is 0 Å². The first-order valence-corrected chi connectivity index (χ1v) is 9.49. The molecule has 0 saturated carbocycles. The number of thioether (sulfide) groups is 1. The number of carbonyl (C=O) groups excluding carboxylic acids is 1. The molecular formula is C19H23ClN2OS. The molecule has 0 fully saturated rings. The molecule has 1 amide bonds. The van der Waals surface area contributed by atoms with Crippen LogP contribution >= 0.6 is 23.4 Å². The number of carbonyl (C=O) groups is 1. The van der Waals surface area contributed by atoms with E-state index in [4.69, 9.17) is 11.6 Å². The zero-order chi connectivity index (χ0) is 17.4. The first-order valence-electron chi connectivity index (χ1n) is 7.89. The fourth-order valence-corrected chi connectivity index (χ4v) is 3.06. The van der Waals surface area contributed by atoms with Gasteiger partial charge in [-0.1, -0.05) is 35.9 Å². The number of hydrogen-bond acceptors (Lipinski definition) is 3. The maximum atomic E-state index is 12.0. The Labute approximate surface area is 153 Å². The average molecular weight is 363 g/mol. The van der Waals surface area contributed by atoms with Crippen LogP contribution in [-0.4, -0.2) is 37.2 Å². The summed E-state index contributed by atoms with van der Waals surface area (Å²) < 4.78 is 0. The quantitative estimate of drug-likeness (QED) is 0.724. The smallest absolute Gasteiger partial charge is 0.234 e. The lowest BCUT2D eigenvalue weighted by atomic mass is 10.1. The fraction of sp³-hybridized carbons (Fsp3) is 0.316. The highest BCUT2D eigenvalue weighted by atomic mass is 35.5. The highest BCUT2D eigenvalue weighted by Gasteiger charge is 2.07. The van der Waals surface area contributed by atoms with Gasteiger partial charge < -0.3 is 5.32 Å². The van der Waals surface area contributed by atoms with Gasteiger partial charge in [0.15, 0.2) is 0 Å². The molecule has 0 spiro atoms. The van der Waals surface area contributed by atoms with Crippen LogP contribution in [0.4, 0.5) is 0 Å². The van der Waals surface area contributed by atoms with Crippen molar-refractivity contribution in [3.8, 4) is 0 Å². The number of nitrogens with one attached hydrogen (secondary N) is 1. The van der Waals surface area contributed by atoms with Crippen LogP contribution in [0, 0.1) is 0 Å². The number of nitrogens with zero attached hydrogens (tertiary/aromatic N) is 1. The number of rotatable bonds is 8. The normalized spacial score (nSPS) is 10.8. The Morgan fingerprint density at radius 2 is 1.92 bits per heavy atom. The Hall–Kier alpha value is -1.49. The van der Waals surface area contributed by atoms with Gasteiger partial charge in [0.25, 0.3) is 0 Å². The maximum absolute atomic E-state index is 12.0. The van der Waals surface area contributed by atoms with E-state index < -0.39 is 0 Å². The van der Waals surface area contributed by atoms with Crippen LogP contribution in [0.3, 0.4) is 0 Å². The van der Waals surface area contributed by atoms with Gasteiger partial charge >= 0.3 is 0 Å². The van der Waals surface area contributed by atoms with E-state index in [1.807, 2.05) is 36.2 Å². The maximum Gasteiger partial charge on any atom is 0.234 e. The molecule has 0 unspecified atom stereocenters. The minimum atomic E-state index is 0.0419. The van der Waals surface area contributed by atoms with E-state index in [1.54, 1.807) is 11.8 Å². The molecule has 0 saturated heterocycles. The van der Waals surface area contributed by atoms with Crippen molar-refractivity contribution in [2.45, 2.75) is 17.9 Å². The number of hydrogen-bond donors (Lipinski definition) is 1. The molecule has 0 atom stereocenters. The summed E-state index contributed by atoms with van der Waals surface area (Å²) in [6, 6.07) is 16.2. The van der Waals surface area contributed by atoms with Gasteiger partial charge in [0.05, 0.1) is 6.54 Å². The largest absolute Gasteiger partial charge is 0.355 e. The monoisotopic (exact) mass is 362 g/mol. The molecule has 0 heterocycles. The van der Waals surface area contributed by atoms with Crippen molar-refractivity contribution in [3.63, 3.8) is 0 Å². The zero-order valence-electron chi connectivity index (χ0n) is 14.1. The Balaban J connectivity index is 1.71. The molecule has 0 bridgehead atoms. The predicted molar refractivity (Wildman–Crippen MR) is 103 cm³/mol. The highest BCUT2D eigenvalue weighted by Crippen LogP contribution is 2.15. The van der Waals surface area contributed by atoms with Crippen LogP contribution < -0.4 is 5.32 Å². The lowest BCUT2D eigenvalue weighted by Crippen LogP contribution is -2.35. The van der Waals surface area contributed by atoms with Crippen molar-refractivity contribution in [1.82, 2.24) is 10.2 Å². The highest BCUT2D eigenvalue weighted by molar-refractivity contribution is 7.98. The summed E-state index contributed by atoms with van der Waals surface area (Å²) in [7, 11) is 1.96. The summed E-state index contributed by atoms with van der Waals surface area (Å²) in [6.07, 6.45) is 2.85. The molecule has 1 N–H and O–H groups in total. The lowest BCUT2D eigenvalue weighted by molar-refractivity contribution is -0.122. The van der Waals surface area contributed by atoms with E-state index in [1.165, 1.54) is 10.5 Å². The third-order valence-electron chi connectivity index (χ3n) is 3.65. The van der Waals surface area contributed by atoms with Crippen LogP contribution in [0.2, 0.25) is 5.02 Å². The van der Waals surface area contributed by atoms with E-state index in [-0.39, 0.29) is 5.91 Å². The van der Waals surface area contributed by atoms with Crippen molar-refractivity contribution < 1.29 is 4.79 Å². The van der Waals surface area contributed by atoms with Crippen molar-refractivity contribution in [1.29, 1.82) is 0 Å². The van der Waals surface area contributed by atoms with Crippen LogP contribution in [0.15, 0.2) is 53.4 Å². The summed E-state index contributed by atoms with van der Waals surface area (Å²) in [5.41, 5.74) is 2.34. The molecule has 0 aliphatic rings. The van der Waals surface area contributed by atoms with Crippen molar-refractivity contribution >= 4 is 29.3 Å². The number of benzene rings is 2. The van der Waals surface area contributed by atoms with Gasteiger partial charge in [-0.2, -0.15) is 0 Å². The molecular weight excluding hydrogens is 340 g/mol. The van der Waals surface area contributed by atoms with Gasteiger partial charge in [0, 0.05) is 23.0 Å². The molecule has 0 radical (unpaired) electrons. The Kier molecular flexibility index (Phi) is 7.63. The third kappa shape index (κ3) is 6.56. The van der Waals surface area contributed by atoms with E-state index in [2.05, 4.69) is 35.8 Å². The van der Waals surface area contributed by atoms with Crippen LogP contribution in [-0.2, 0) is 17.8 Å². The second-order valence-electron chi connectivity index (χ2n) is 5.75. The molecule has 2 rings (SSSR count). The third-order valence-corrected chi connectivity index (χ3v) is 4.63. The average Bonchev–Trinajstić information content (AvgIpc) is 2.55. The van der Waals surface area contributed by atoms with E-state index in [0.29, 0.717) is 13.1 Å². The van der Waals surface area contributed by atoms with Crippen molar-refractivity contribution in [2.75, 3.05) is 26.4 Å². The predicted octanol–water partition coefficient (Wildman–Crippen LogP) is 3.85. The summed E-state index contributed by atoms with van der Waals surface area (Å²) in [4.78, 5) is 15.3. The first kappa shape index (κ1) is 18.8. The minimum absolute atomic E-state index is 0.0419. The summed E-state index contributed by atoms with van der Waals surface area (Å²) in [5.74, 6) is 0.0419. The molecule has 0 aliphatic heterocycles. The molecule has 2 aromatic carbocycles. The second kappa shape index (κ2) is 9.72. The molecule has 24 heavy (non-hydrogen) atoms. The summed E-state index contributed by atoms with van der Waals surface area (Å²) in [5, 5.41) is 3.69. The molecule has 128 valence electrons. The molecule has 5 heteroatoms.